The number of nitrogens with zero attached hydrogens (tertiary/aromatic N) is 3. The van der Waals surface area contributed by atoms with Crippen LogP contribution in [0.3, 0.4) is 0 Å². The standard InChI is InChI=1S/C16H22ClN3S/c1-9-5-6-20(10(2)7-9)8-13-18-15(17)14-11(3)12(4)21-16(14)19-13/h9-10H,5-8H2,1-4H3. The van der Waals surface area contributed by atoms with Crippen LogP contribution in [0.5, 0.6) is 0 Å². The molecule has 114 valence electrons. The van der Waals surface area contributed by atoms with E-state index in [0.29, 0.717) is 11.2 Å². The molecule has 0 bridgehead atoms. The fraction of sp³-hybridized carbons (Fsp3) is 0.625. The van der Waals surface area contributed by atoms with Crippen LogP contribution in [-0.2, 0) is 6.54 Å². The van der Waals surface area contributed by atoms with E-state index in [1.807, 2.05) is 0 Å². The van der Waals surface area contributed by atoms with Gasteiger partial charge in [0, 0.05) is 10.9 Å². The van der Waals surface area contributed by atoms with E-state index >= 15 is 0 Å². The Morgan fingerprint density at radius 3 is 2.76 bits per heavy atom. The first-order valence-corrected chi connectivity index (χ1v) is 8.81. The second kappa shape index (κ2) is 5.82. The van der Waals surface area contributed by atoms with Gasteiger partial charge in [-0.2, -0.15) is 0 Å². The molecule has 1 aliphatic heterocycles. The number of fused-ring (bicyclic) bond motifs is 1. The Morgan fingerprint density at radius 1 is 1.29 bits per heavy atom. The van der Waals surface area contributed by atoms with Crippen LogP contribution in [-0.4, -0.2) is 27.5 Å². The van der Waals surface area contributed by atoms with Crippen LogP contribution in [0.4, 0.5) is 0 Å². The first kappa shape index (κ1) is 15.2. The monoisotopic (exact) mass is 323 g/mol. The molecule has 0 radical (unpaired) electrons. The van der Waals surface area contributed by atoms with Gasteiger partial charge in [-0.1, -0.05) is 18.5 Å². The zero-order chi connectivity index (χ0) is 15.1. The van der Waals surface area contributed by atoms with Crippen LogP contribution in [0.2, 0.25) is 5.15 Å². The van der Waals surface area contributed by atoms with Gasteiger partial charge in [-0.15, -0.1) is 11.3 Å². The molecule has 3 nitrogen and oxygen atoms in total. The molecule has 0 spiro atoms. The maximum atomic E-state index is 6.40. The zero-order valence-corrected chi connectivity index (χ0v) is 14.7. The van der Waals surface area contributed by atoms with Crippen LogP contribution >= 0.6 is 22.9 Å². The summed E-state index contributed by atoms with van der Waals surface area (Å²) in [5, 5.41) is 1.64. The summed E-state index contributed by atoms with van der Waals surface area (Å²) in [5.74, 6) is 1.68. The fourth-order valence-corrected chi connectivity index (χ4v) is 4.62. The smallest absolute Gasteiger partial charge is 0.145 e. The van der Waals surface area contributed by atoms with E-state index in [-0.39, 0.29) is 0 Å². The molecule has 2 unspecified atom stereocenters. The topological polar surface area (TPSA) is 29.0 Å². The van der Waals surface area contributed by atoms with Crippen molar-refractivity contribution in [2.45, 2.75) is 53.1 Å². The summed E-state index contributed by atoms with van der Waals surface area (Å²) in [6, 6.07) is 0.596. The molecule has 3 heterocycles. The number of halogens is 1. The van der Waals surface area contributed by atoms with Gasteiger partial charge in [0.2, 0.25) is 0 Å². The molecule has 0 N–H and O–H groups in total. The van der Waals surface area contributed by atoms with Crippen molar-refractivity contribution < 1.29 is 0 Å². The first-order valence-electron chi connectivity index (χ1n) is 7.62. The Kier molecular flexibility index (Phi) is 4.21. The molecule has 1 fully saturated rings. The van der Waals surface area contributed by atoms with Crippen molar-refractivity contribution in [3.63, 3.8) is 0 Å². The summed E-state index contributed by atoms with van der Waals surface area (Å²) < 4.78 is 0. The lowest BCUT2D eigenvalue weighted by Gasteiger charge is -2.35. The van der Waals surface area contributed by atoms with E-state index < -0.39 is 0 Å². The van der Waals surface area contributed by atoms with Gasteiger partial charge in [-0.05, 0) is 51.6 Å². The summed E-state index contributed by atoms with van der Waals surface area (Å²) in [7, 11) is 0. The van der Waals surface area contributed by atoms with Crippen molar-refractivity contribution in [3.05, 3.63) is 21.4 Å². The number of likely N-dealkylation sites (tertiary alicyclic amines) is 1. The largest absolute Gasteiger partial charge is 0.293 e. The third kappa shape index (κ3) is 2.94. The molecule has 21 heavy (non-hydrogen) atoms. The lowest BCUT2D eigenvalue weighted by atomic mass is 9.93. The summed E-state index contributed by atoms with van der Waals surface area (Å²) in [6.07, 6.45) is 2.52. The average molecular weight is 324 g/mol. The molecule has 2 atom stereocenters. The van der Waals surface area contributed by atoms with Crippen LogP contribution in [0.1, 0.15) is 43.0 Å². The molecule has 1 saturated heterocycles. The molecule has 5 heteroatoms. The molecule has 2 aromatic heterocycles. The van der Waals surface area contributed by atoms with E-state index in [2.05, 4.69) is 37.6 Å². The third-order valence-electron chi connectivity index (χ3n) is 4.65. The van der Waals surface area contributed by atoms with E-state index in [1.54, 1.807) is 11.3 Å². The highest BCUT2D eigenvalue weighted by atomic mass is 35.5. The van der Waals surface area contributed by atoms with Gasteiger partial charge in [0.1, 0.15) is 15.8 Å². The van der Waals surface area contributed by atoms with Gasteiger partial charge >= 0.3 is 0 Å². The maximum absolute atomic E-state index is 6.40. The van der Waals surface area contributed by atoms with E-state index in [4.69, 9.17) is 16.6 Å². The highest BCUT2D eigenvalue weighted by Gasteiger charge is 2.24. The summed E-state index contributed by atoms with van der Waals surface area (Å²) in [5.41, 5.74) is 1.21. The number of aryl methyl sites for hydroxylation is 2. The van der Waals surface area contributed by atoms with Gasteiger partial charge in [0.05, 0.1) is 11.9 Å². The summed E-state index contributed by atoms with van der Waals surface area (Å²) in [6.45, 7) is 10.8. The zero-order valence-electron chi connectivity index (χ0n) is 13.1. The molecule has 1 aliphatic rings. The SMILES string of the molecule is Cc1sc2nc(CN3CCC(C)CC3C)nc(Cl)c2c1C. The van der Waals surface area contributed by atoms with Crippen LogP contribution in [0, 0.1) is 19.8 Å². The lowest BCUT2D eigenvalue weighted by Crippen LogP contribution is -2.39. The molecule has 0 amide bonds. The lowest BCUT2D eigenvalue weighted by molar-refractivity contribution is 0.119. The van der Waals surface area contributed by atoms with Crippen molar-refractivity contribution >= 4 is 33.2 Å². The predicted molar refractivity (Wildman–Crippen MR) is 90.2 cm³/mol. The highest BCUT2D eigenvalue weighted by Crippen LogP contribution is 2.33. The molecule has 0 saturated carbocycles. The Balaban J connectivity index is 1.88. The number of thiophene rings is 1. The number of hydrogen-bond donors (Lipinski definition) is 0. The predicted octanol–water partition coefficient (Wildman–Crippen LogP) is 4.58. The van der Waals surface area contributed by atoms with Crippen molar-refractivity contribution in [2.24, 2.45) is 5.92 Å². The van der Waals surface area contributed by atoms with E-state index in [0.717, 1.165) is 35.0 Å². The third-order valence-corrected chi connectivity index (χ3v) is 6.03. The molecular formula is C16H22ClN3S. The number of hydrogen-bond acceptors (Lipinski definition) is 4. The first-order chi connectivity index (χ1) is 9.95. The Morgan fingerprint density at radius 2 is 2.05 bits per heavy atom. The highest BCUT2D eigenvalue weighted by molar-refractivity contribution is 7.18. The molecule has 3 rings (SSSR count). The molecule has 0 aromatic carbocycles. The van der Waals surface area contributed by atoms with Crippen molar-refractivity contribution in [1.82, 2.24) is 14.9 Å². The van der Waals surface area contributed by atoms with Gasteiger partial charge in [-0.25, -0.2) is 9.97 Å². The van der Waals surface area contributed by atoms with E-state index in [9.17, 15) is 0 Å². The Hall–Kier alpha value is -0.710. The Bertz CT molecular complexity index is 667. The molecule has 0 aliphatic carbocycles. The molecular weight excluding hydrogens is 302 g/mol. The summed E-state index contributed by atoms with van der Waals surface area (Å²) >= 11 is 8.11. The van der Waals surface area contributed by atoms with Crippen molar-refractivity contribution in [1.29, 1.82) is 0 Å². The van der Waals surface area contributed by atoms with Crippen molar-refractivity contribution in [3.8, 4) is 0 Å². The number of rotatable bonds is 2. The second-order valence-corrected chi connectivity index (χ2v) is 7.90. The number of aromatic nitrogens is 2. The van der Waals surface area contributed by atoms with Crippen LogP contribution < -0.4 is 0 Å². The minimum absolute atomic E-state index is 0.596. The van der Waals surface area contributed by atoms with Gasteiger partial charge in [-0.3, -0.25) is 4.90 Å². The number of piperidine rings is 1. The molecule has 2 aromatic rings. The van der Waals surface area contributed by atoms with Crippen LogP contribution in [0.15, 0.2) is 0 Å². The minimum Gasteiger partial charge on any atom is -0.293 e. The van der Waals surface area contributed by atoms with Gasteiger partial charge in [0.15, 0.2) is 0 Å². The average Bonchev–Trinajstić information content (AvgIpc) is 2.69. The van der Waals surface area contributed by atoms with Gasteiger partial charge in [0.25, 0.3) is 0 Å². The van der Waals surface area contributed by atoms with Crippen molar-refractivity contribution in [2.75, 3.05) is 6.54 Å². The summed E-state index contributed by atoms with van der Waals surface area (Å²) in [4.78, 5) is 14.1. The second-order valence-electron chi connectivity index (χ2n) is 6.34. The van der Waals surface area contributed by atoms with Crippen LogP contribution in [0.25, 0.3) is 10.2 Å². The van der Waals surface area contributed by atoms with Gasteiger partial charge < -0.3 is 0 Å². The maximum Gasteiger partial charge on any atom is 0.145 e. The minimum atomic E-state index is 0.596. The quantitative estimate of drug-likeness (QED) is 0.757. The normalized spacial score (nSPS) is 23.9. The Labute approximate surface area is 135 Å². The van der Waals surface area contributed by atoms with E-state index in [1.165, 1.54) is 23.3 Å². The fourth-order valence-electron chi connectivity index (χ4n) is 3.19.